The molecule has 0 saturated carbocycles. The first kappa shape index (κ1) is 16.2. The maximum atomic E-state index is 12.3. The topological polar surface area (TPSA) is 46.6 Å². The lowest BCUT2D eigenvalue weighted by atomic mass is 9.98. The van der Waals surface area contributed by atoms with E-state index in [-0.39, 0.29) is 10.7 Å². The van der Waals surface area contributed by atoms with E-state index in [1.165, 1.54) is 7.11 Å². The van der Waals surface area contributed by atoms with Gasteiger partial charge in [0.2, 0.25) is 0 Å². The van der Waals surface area contributed by atoms with Crippen molar-refractivity contribution in [1.82, 2.24) is 4.90 Å². The highest BCUT2D eigenvalue weighted by Gasteiger charge is 2.39. The van der Waals surface area contributed by atoms with Crippen molar-refractivity contribution in [2.24, 2.45) is 0 Å². The fourth-order valence-corrected chi connectivity index (χ4v) is 4.08. The molecule has 0 aliphatic carbocycles. The van der Waals surface area contributed by atoms with Gasteiger partial charge in [-0.15, -0.1) is 0 Å². The molecule has 116 valence electrons. The zero-order chi connectivity index (χ0) is 15.6. The summed E-state index contributed by atoms with van der Waals surface area (Å²) in [5.41, 5.74) is 2.03. The molecule has 2 unspecified atom stereocenters. The normalized spacial score (nSPS) is 23.5. The molecule has 1 saturated heterocycles. The van der Waals surface area contributed by atoms with Crippen molar-refractivity contribution >= 4 is 16.8 Å². The average Bonchev–Trinajstić information content (AvgIpc) is 2.44. The van der Waals surface area contributed by atoms with Crippen molar-refractivity contribution in [2.45, 2.75) is 31.6 Å². The van der Waals surface area contributed by atoms with Gasteiger partial charge in [-0.3, -0.25) is 9.11 Å². The second kappa shape index (κ2) is 6.28. The summed E-state index contributed by atoms with van der Waals surface area (Å²) < 4.78 is 16.8. The molecule has 1 aromatic rings. The van der Waals surface area contributed by atoms with Gasteiger partial charge in [0.25, 0.3) is 0 Å². The predicted molar refractivity (Wildman–Crippen MR) is 84.6 cm³/mol. The van der Waals surface area contributed by atoms with Crippen LogP contribution in [0.3, 0.4) is 0 Å². The standard InChI is InChI=1S/C16H23NO3S/c1-12-7-5-6-8-13(12)14(15(18)20-4)17-9-10-21(19)16(2,3)11-17/h5-8,14H,9-11H2,1-4H3. The summed E-state index contributed by atoms with van der Waals surface area (Å²) in [7, 11) is 0.559. The van der Waals surface area contributed by atoms with Crippen molar-refractivity contribution in [1.29, 1.82) is 0 Å². The van der Waals surface area contributed by atoms with Crippen LogP contribution < -0.4 is 0 Å². The smallest absolute Gasteiger partial charge is 0.327 e. The lowest BCUT2D eigenvalue weighted by Crippen LogP contribution is -2.52. The lowest BCUT2D eigenvalue weighted by molar-refractivity contribution is -0.147. The molecule has 21 heavy (non-hydrogen) atoms. The molecule has 0 amide bonds. The van der Waals surface area contributed by atoms with E-state index in [1.54, 1.807) is 0 Å². The highest BCUT2D eigenvalue weighted by atomic mass is 32.2. The molecule has 2 rings (SSSR count). The van der Waals surface area contributed by atoms with Crippen LogP contribution in [0.5, 0.6) is 0 Å². The molecular weight excluding hydrogens is 286 g/mol. The van der Waals surface area contributed by atoms with Crippen LogP contribution in [0.1, 0.15) is 31.0 Å². The zero-order valence-electron chi connectivity index (χ0n) is 13.1. The highest BCUT2D eigenvalue weighted by molar-refractivity contribution is 7.86. The van der Waals surface area contributed by atoms with Crippen LogP contribution >= 0.6 is 0 Å². The van der Waals surface area contributed by atoms with Crippen LogP contribution in [0.15, 0.2) is 24.3 Å². The third kappa shape index (κ3) is 3.35. The van der Waals surface area contributed by atoms with Gasteiger partial charge in [0.15, 0.2) is 0 Å². The van der Waals surface area contributed by atoms with Gasteiger partial charge >= 0.3 is 5.97 Å². The summed E-state index contributed by atoms with van der Waals surface area (Å²) in [5, 5.41) is 0. The van der Waals surface area contributed by atoms with Crippen LogP contribution in [0.2, 0.25) is 0 Å². The summed E-state index contributed by atoms with van der Waals surface area (Å²) in [4.78, 5) is 14.4. The van der Waals surface area contributed by atoms with Gasteiger partial charge in [-0.1, -0.05) is 24.3 Å². The number of rotatable bonds is 3. The molecule has 0 N–H and O–H groups in total. The minimum absolute atomic E-state index is 0.257. The summed E-state index contributed by atoms with van der Waals surface area (Å²) >= 11 is 0. The van der Waals surface area contributed by atoms with Crippen molar-refractivity contribution in [2.75, 3.05) is 26.0 Å². The van der Waals surface area contributed by atoms with E-state index in [1.807, 2.05) is 45.0 Å². The van der Waals surface area contributed by atoms with Crippen LogP contribution in [0.4, 0.5) is 0 Å². The number of ether oxygens (including phenoxy) is 1. The zero-order valence-corrected chi connectivity index (χ0v) is 13.9. The maximum absolute atomic E-state index is 12.3. The molecule has 1 heterocycles. The molecule has 2 atom stereocenters. The van der Waals surface area contributed by atoms with Crippen molar-refractivity contribution < 1.29 is 13.7 Å². The Hall–Kier alpha value is -1.20. The Morgan fingerprint density at radius 1 is 1.38 bits per heavy atom. The molecule has 1 aromatic carbocycles. The van der Waals surface area contributed by atoms with Crippen LogP contribution in [0, 0.1) is 6.92 Å². The summed E-state index contributed by atoms with van der Waals surface area (Å²) in [6.07, 6.45) is 0. The van der Waals surface area contributed by atoms with Gasteiger partial charge in [-0.05, 0) is 31.9 Å². The molecule has 5 heteroatoms. The lowest BCUT2D eigenvalue weighted by Gasteiger charge is -2.40. The minimum atomic E-state index is -0.858. The van der Waals surface area contributed by atoms with E-state index in [0.717, 1.165) is 11.1 Å². The number of methoxy groups -OCH3 is 1. The summed E-state index contributed by atoms with van der Waals surface area (Å²) in [6, 6.07) is 7.44. The Kier molecular flexibility index (Phi) is 4.84. The molecule has 1 fully saturated rings. The second-order valence-electron chi connectivity index (χ2n) is 6.06. The Bertz CT molecular complexity index is 556. The predicted octanol–water partition coefficient (Wildman–Crippen LogP) is 2.05. The number of benzene rings is 1. The first-order chi connectivity index (χ1) is 9.86. The van der Waals surface area contributed by atoms with Gasteiger partial charge in [-0.25, -0.2) is 4.79 Å². The van der Waals surface area contributed by atoms with E-state index < -0.39 is 16.8 Å². The Morgan fingerprint density at radius 2 is 2.05 bits per heavy atom. The first-order valence-electron chi connectivity index (χ1n) is 7.12. The van der Waals surface area contributed by atoms with Gasteiger partial charge in [0, 0.05) is 29.6 Å². The monoisotopic (exact) mass is 309 g/mol. The Labute approximate surface area is 128 Å². The SMILES string of the molecule is COC(=O)C(c1ccccc1C)N1CCS(=O)C(C)(C)C1. The van der Waals surface area contributed by atoms with E-state index in [4.69, 9.17) is 4.74 Å². The molecule has 1 aliphatic rings. The molecule has 1 aliphatic heterocycles. The number of hydrogen-bond donors (Lipinski definition) is 0. The number of aryl methyl sites for hydroxylation is 1. The van der Waals surface area contributed by atoms with Crippen LogP contribution in [0.25, 0.3) is 0 Å². The van der Waals surface area contributed by atoms with E-state index in [2.05, 4.69) is 4.90 Å². The summed E-state index contributed by atoms with van der Waals surface area (Å²) in [6.45, 7) is 7.24. The van der Waals surface area contributed by atoms with Crippen LogP contribution in [-0.4, -0.2) is 45.8 Å². The quantitative estimate of drug-likeness (QED) is 0.802. The van der Waals surface area contributed by atoms with E-state index >= 15 is 0 Å². The molecular formula is C16H23NO3S. The molecule has 0 bridgehead atoms. The Balaban J connectivity index is 2.36. The number of esters is 1. The average molecular weight is 309 g/mol. The van der Waals surface area contributed by atoms with Crippen molar-refractivity contribution in [3.05, 3.63) is 35.4 Å². The number of carbonyl (C=O) groups is 1. The van der Waals surface area contributed by atoms with E-state index in [0.29, 0.717) is 18.8 Å². The highest BCUT2D eigenvalue weighted by Crippen LogP contribution is 2.30. The van der Waals surface area contributed by atoms with Gasteiger partial charge in [0.1, 0.15) is 6.04 Å². The molecule has 0 spiro atoms. The van der Waals surface area contributed by atoms with Gasteiger partial charge < -0.3 is 4.74 Å². The molecule has 4 nitrogen and oxygen atoms in total. The minimum Gasteiger partial charge on any atom is -0.468 e. The number of nitrogens with zero attached hydrogens (tertiary/aromatic N) is 1. The van der Waals surface area contributed by atoms with Crippen molar-refractivity contribution in [3.63, 3.8) is 0 Å². The Morgan fingerprint density at radius 3 is 2.62 bits per heavy atom. The number of carbonyl (C=O) groups excluding carboxylic acids is 1. The fraction of sp³-hybridized carbons (Fsp3) is 0.562. The van der Waals surface area contributed by atoms with Crippen LogP contribution in [-0.2, 0) is 20.3 Å². The summed E-state index contributed by atoms with van der Waals surface area (Å²) in [5.74, 6) is 0.333. The third-order valence-corrected chi connectivity index (χ3v) is 5.95. The second-order valence-corrected chi connectivity index (χ2v) is 8.27. The first-order valence-corrected chi connectivity index (χ1v) is 8.44. The molecule has 0 radical (unpaired) electrons. The number of hydrogen-bond acceptors (Lipinski definition) is 4. The third-order valence-electron chi connectivity index (χ3n) is 4.04. The largest absolute Gasteiger partial charge is 0.468 e. The maximum Gasteiger partial charge on any atom is 0.327 e. The van der Waals surface area contributed by atoms with Gasteiger partial charge in [-0.2, -0.15) is 0 Å². The van der Waals surface area contributed by atoms with Gasteiger partial charge in [0.05, 0.1) is 11.9 Å². The van der Waals surface area contributed by atoms with E-state index in [9.17, 15) is 9.00 Å². The molecule has 0 aromatic heterocycles. The van der Waals surface area contributed by atoms with Crippen molar-refractivity contribution in [3.8, 4) is 0 Å². The fourth-order valence-electron chi connectivity index (χ4n) is 2.81.